The summed E-state index contributed by atoms with van der Waals surface area (Å²) in [5.74, 6) is 5.84. The SMILES string of the molecule is CC1=CC(C(C)CCCC(C)C)[C@@]2(C)CCC3C(CCC4C[C@@H](O)CC[C@@]43C)C12. The summed E-state index contributed by atoms with van der Waals surface area (Å²) in [6, 6.07) is 0. The van der Waals surface area contributed by atoms with Crippen molar-refractivity contribution in [3.63, 3.8) is 0 Å². The van der Waals surface area contributed by atoms with Crippen LogP contribution in [-0.2, 0) is 0 Å². The van der Waals surface area contributed by atoms with Gasteiger partial charge in [-0.25, -0.2) is 0 Å². The van der Waals surface area contributed by atoms with Crippen LogP contribution in [0.25, 0.3) is 0 Å². The number of hydrogen-bond acceptors (Lipinski definition) is 1. The smallest absolute Gasteiger partial charge is 0.0543 e. The fraction of sp³-hybridized carbons (Fsp3) is 0.929. The second kappa shape index (κ2) is 7.99. The Hall–Kier alpha value is -0.300. The minimum atomic E-state index is -0.0253. The van der Waals surface area contributed by atoms with Gasteiger partial charge >= 0.3 is 0 Å². The van der Waals surface area contributed by atoms with Crippen molar-refractivity contribution >= 4 is 0 Å². The number of aliphatic hydroxyl groups is 1. The molecule has 0 amide bonds. The first kappa shape index (κ1) is 21.9. The molecular formula is C28H48O. The molecule has 6 unspecified atom stereocenters. The van der Waals surface area contributed by atoms with Crippen LogP contribution in [-0.4, -0.2) is 11.2 Å². The average Bonchev–Trinajstić information content (AvgIpc) is 2.93. The first-order valence-corrected chi connectivity index (χ1v) is 13.0. The van der Waals surface area contributed by atoms with E-state index in [1.165, 1.54) is 51.4 Å². The molecule has 0 radical (unpaired) electrons. The molecule has 9 atom stereocenters. The second-order valence-corrected chi connectivity index (χ2v) is 12.7. The van der Waals surface area contributed by atoms with Gasteiger partial charge in [-0.2, -0.15) is 0 Å². The zero-order chi connectivity index (χ0) is 21.0. The molecule has 1 nitrogen and oxygen atoms in total. The van der Waals surface area contributed by atoms with E-state index in [1.807, 2.05) is 0 Å². The molecule has 0 heterocycles. The maximum Gasteiger partial charge on any atom is 0.0543 e. The predicted molar refractivity (Wildman–Crippen MR) is 124 cm³/mol. The van der Waals surface area contributed by atoms with E-state index >= 15 is 0 Å². The first-order valence-electron chi connectivity index (χ1n) is 13.0. The van der Waals surface area contributed by atoms with E-state index < -0.39 is 0 Å². The molecule has 3 saturated carbocycles. The summed E-state index contributed by atoms with van der Waals surface area (Å²) in [6.07, 6.45) is 15.9. The maximum atomic E-state index is 10.3. The van der Waals surface area contributed by atoms with Crippen LogP contribution >= 0.6 is 0 Å². The number of fused-ring (bicyclic) bond motifs is 5. The van der Waals surface area contributed by atoms with Gasteiger partial charge in [-0.1, -0.05) is 65.5 Å². The third-order valence-corrected chi connectivity index (χ3v) is 10.6. The van der Waals surface area contributed by atoms with Gasteiger partial charge in [0.15, 0.2) is 0 Å². The Bertz CT molecular complexity index is 620. The van der Waals surface area contributed by atoms with Crippen molar-refractivity contribution in [3.05, 3.63) is 11.6 Å². The van der Waals surface area contributed by atoms with Crippen molar-refractivity contribution in [1.29, 1.82) is 0 Å². The van der Waals surface area contributed by atoms with Crippen LogP contribution < -0.4 is 0 Å². The molecule has 1 heteroatoms. The third kappa shape index (κ3) is 3.66. The molecule has 166 valence electrons. The molecule has 0 aliphatic heterocycles. The van der Waals surface area contributed by atoms with E-state index in [1.54, 1.807) is 5.57 Å². The zero-order valence-corrected chi connectivity index (χ0v) is 20.2. The van der Waals surface area contributed by atoms with Crippen LogP contribution in [0.2, 0.25) is 0 Å². The highest BCUT2D eigenvalue weighted by atomic mass is 16.3. The average molecular weight is 401 g/mol. The summed E-state index contributed by atoms with van der Waals surface area (Å²) in [6.45, 7) is 15.0. The Morgan fingerprint density at radius 1 is 1.00 bits per heavy atom. The van der Waals surface area contributed by atoms with Crippen LogP contribution in [0.15, 0.2) is 11.6 Å². The normalized spacial score (nSPS) is 47.9. The predicted octanol–water partition coefficient (Wildman–Crippen LogP) is 7.63. The lowest BCUT2D eigenvalue weighted by molar-refractivity contribution is -0.125. The van der Waals surface area contributed by atoms with E-state index in [-0.39, 0.29) is 6.10 Å². The molecular weight excluding hydrogens is 352 g/mol. The third-order valence-electron chi connectivity index (χ3n) is 10.6. The minimum absolute atomic E-state index is 0.0253. The van der Waals surface area contributed by atoms with Gasteiger partial charge in [0.2, 0.25) is 0 Å². The molecule has 0 saturated heterocycles. The lowest BCUT2D eigenvalue weighted by Crippen LogP contribution is -2.54. The van der Waals surface area contributed by atoms with Crippen molar-refractivity contribution in [2.24, 2.45) is 52.3 Å². The molecule has 4 aliphatic rings. The zero-order valence-electron chi connectivity index (χ0n) is 20.2. The summed E-state index contributed by atoms with van der Waals surface area (Å²) < 4.78 is 0. The van der Waals surface area contributed by atoms with Gasteiger partial charge in [0.1, 0.15) is 0 Å². The molecule has 0 aromatic rings. The highest BCUT2D eigenvalue weighted by Gasteiger charge is 2.60. The Morgan fingerprint density at radius 2 is 1.72 bits per heavy atom. The van der Waals surface area contributed by atoms with Gasteiger partial charge in [-0.05, 0) is 104 Å². The molecule has 4 aliphatic carbocycles. The Kier molecular flexibility index (Phi) is 6.04. The molecule has 0 aromatic heterocycles. The monoisotopic (exact) mass is 400 g/mol. The van der Waals surface area contributed by atoms with Gasteiger partial charge in [-0.3, -0.25) is 0 Å². The fourth-order valence-corrected chi connectivity index (χ4v) is 9.12. The van der Waals surface area contributed by atoms with Gasteiger partial charge in [-0.15, -0.1) is 0 Å². The van der Waals surface area contributed by atoms with Crippen LogP contribution in [0.1, 0.15) is 106 Å². The van der Waals surface area contributed by atoms with Crippen LogP contribution in [0, 0.1) is 52.3 Å². The second-order valence-electron chi connectivity index (χ2n) is 12.7. The molecule has 1 N–H and O–H groups in total. The summed E-state index contributed by atoms with van der Waals surface area (Å²) in [5.41, 5.74) is 2.73. The Morgan fingerprint density at radius 3 is 2.45 bits per heavy atom. The van der Waals surface area contributed by atoms with Gasteiger partial charge in [0.05, 0.1) is 6.10 Å². The summed E-state index contributed by atoms with van der Waals surface area (Å²) in [5, 5.41) is 10.3. The van der Waals surface area contributed by atoms with Crippen LogP contribution in [0.4, 0.5) is 0 Å². The van der Waals surface area contributed by atoms with Crippen molar-refractivity contribution < 1.29 is 5.11 Å². The Balaban J connectivity index is 1.52. The van der Waals surface area contributed by atoms with Gasteiger partial charge in [0, 0.05) is 0 Å². The largest absolute Gasteiger partial charge is 0.393 e. The van der Waals surface area contributed by atoms with E-state index in [0.717, 1.165) is 54.3 Å². The summed E-state index contributed by atoms with van der Waals surface area (Å²) in [4.78, 5) is 0. The first-order chi connectivity index (χ1) is 13.7. The quantitative estimate of drug-likeness (QED) is 0.470. The molecule has 0 aromatic carbocycles. The molecule has 0 bridgehead atoms. The number of rotatable bonds is 5. The minimum Gasteiger partial charge on any atom is -0.393 e. The van der Waals surface area contributed by atoms with Crippen LogP contribution in [0.3, 0.4) is 0 Å². The molecule has 4 rings (SSSR count). The van der Waals surface area contributed by atoms with Crippen molar-refractivity contribution in [1.82, 2.24) is 0 Å². The van der Waals surface area contributed by atoms with Gasteiger partial charge < -0.3 is 5.11 Å². The number of allylic oxidation sites excluding steroid dienone is 2. The van der Waals surface area contributed by atoms with Crippen molar-refractivity contribution in [3.8, 4) is 0 Å². The fourth-order valence-electron chi connectivity index (χ4n) is 9.12. The summed E-state index contributed by atoms with van der Waals surface area (Å²) in [7, 11) is 0. The van der Waals surface area contributed by atoms with Gasteiger partial charge in [0.25, 0.3) is 0 Å². The number of hydrogen-bond donors (Lipinski definition) is 1. The molecule has 3 fully saturated rings. The Labute approximate surface area is 181 Å². The standard InChI is InChI=1S/C28H48O/c1-18(2)8-7-9-19(3)25-16-20(4)26-23-11-10-21-17-22(29)12-14-27(21,5)24(23)13-15-28(25,26)6/h16,18-19,21-26,29H,7-15,17H2,1-6H3/t19?,21?,22-,23?,24?,25?,26?,27-,28+/m0/s1. The lowest BCUT2D eigenvalue weighted by atomic mass is 9.43. The van der Waals surface area contributed by atoms with E-state index in [9.17, 15) is 5.11 Å². The van der Waals surface area contributed by atoms with E-state index in [2.05, 4.69) is 47.6 Å². The highest BCUT2D eigenvalue weighted by molar-refractivity contribution is 5.26. The molecule has 29 heavy (non-hydrogen) atoms. The maximum absolute atomic E-state index is 10.3. The van der Waals surface area contributed by atoms with Crippen LogP contribution in [0.5, 0.6) is 0 Å². The highest BCUT2D eigenvalue weighted by Crippen LogP contribution is 2.68. The topological polar surface area (TPSA) is 20.2 Å². The summed E-state index contributed by atoms with van der Waals surface area (Å²) >= 11 is 0. The number of aliphatic hydroxyl groups excluding tert-OH is 1. The van der Waals surface area contributed by atoms with Crippen molar-refractivity contribution in [2.75, 3.05) is 0 Å². The molecule has 0 spiro atoms. The lowest BCUT2D eigenvalue weighted by Gasteiger charge is -2.61. The van der Waals surface area contributed by atoms with E-state index in [4.69, 9.17) is 0 Å². The van der Waals surface area contributed by atoms with E-state index in [0.29, 0.717) is 10.8 Å². The van der Waals surface area contributed by atoms with Crippen molar-refractivity contribution in [2.45, 2.75) is 112 Å².